The monoisotopic (exact) mass is 247 g/mol. The van der Waals surface area contributed by atoms with Gasteiger partial charge in [-0.2, -0.15) is 0 Å². The van der Waals surface area contributed by atoms with Crippen molar-refractivity contribution in [3.63, 3.8) is 0 Å². The number of aliphatic hydroxyl groups excluding tert-OH is 1. The third-order valence-electron chi connectivity index (χ3n) is 3.08. The van der Waals surface area contributed by atoms with Crippen molar-refractivity contribution >= 4 is 0 Å². The number of benzene rings is 1. The second-order valence-corrected chi connectivity index (χ2v) is 5.06. The van der Waals surface area contributed by atoms with Crippen molar-refractivity contribution < 1.29 is 5.11 Å². The van der Waals surface area contributed by atoms with E-state index in [0.29, 0.717) is 0 Å². The molecule has 1 rings (SSSR count). The zero-order chi connectivity index (χ0) is 13.4. The second-order valence-electron chi connectivity index (χ2n) is 5.06. The van der Waals surface area contributed by atoms with Crippen LogP contribution in [0.4, 0.5) is 0 Å². The molecule has 1 atom stereocenters. The summed E-state index contributed by atoms with van der Waals surface area (Å²) in [5.41, 5.74) is 2.65. The van der Waals surface area contributed by atoms with E-state index in [2.05, 4.69) is 56.0 Å². The molecule has 2 heteroatoms. The molecule has 100 valence electrons. The van der Waals surface area contributed by atoms with Crippen LogP contribution in [0.3, 0.4) is 0 Å². The first-order valence-corrected chi connectivity index (χ1v) is 6.65. The average molecular weight is 247 g/mol. The molecule has 0 aromatic heterocycles. The van der Waals surface area contributed by atoms with E-state index >= 15 is 0 Å². The molecule has 0 saturated carbocycles. The molecule has 18 heavy (non-hydrogen) atoms. The molecule has 0 unspecified atom stereocenters. The van der Waals surface area contributed by atoms with Crippen LogP contribution in [0.5, 0.6) is 0 Å². The van der Waals surface area contributed by atoms with Gasteiger partial charge in [-0.1, -0.05) is 42.0 Å². The van der Waals surface area contributed by atoms with Crippen LogP contribution in [0, 0.1) is 0 Å². The van der Waals surface area contributed by atoms with E-state index in [9.17, 15) is 5.11 Å². The van der Waals surface area contributed by atoms with E-state index in [-0.39, 0.29) is 12.6 Å². The Morgan fingerprint density at radius 3 is 2.50 bits per heavy atom. The lowest BCUT2D eigenvalue weighted by molar-refractivity contribution is 0.130. The van der Waals surface area contributed by atoms with Gasteiger partial charge in [0.25, 0.3) is 0 Å². The fourth-order valence-electron chi connectivity index (χ4n) is 1.91. The van der Waals surface area contributed by atoms with Crippen LogP contribution in [0.1, 0.15) is 32.8 Å². The van der Waals surface area contributed by atoms with Crippen molar-refractivity contribution in [1.82, 2.24) is 4.90 Å². The van der Waals surface area contributed by atoms with Crippen LogP contribution in [-0.4, -0.2) is 29.2 Å². The van der Waals surface area contributed by atoms with Crippen LogP contribution >= 0.6 is 0 Å². The van der Waals surface area contributed by atoms with Crippen molar-refractivity contribution in [2.75, 3.05) is 13.2 Å². The van der Waals surface area contributed by atoms with Crippen LogP contribution in [-0.2, 0) is 6.54 Å². The Bertz CT molecular complexity index is 355. The van der Waals surface area contributed by atoms with E-state index in [1.807, 2.05) is 6.07 Å². The van der Waals surface area contributed by atoms with Gasteiger partial charge in [0.2, 0.25) is 0 Å². The molecule has 0 saturated heterocycles. The normalized spacial score (nSPS) is 12.5. The minimum Gasteiger partial charge on any atom is -0.395 e. The first-order chi connectivity index (χ1) is 8.63. The summed E-state index contributed by atoms with van der Waals surface area (Å²) in [7, 11) is 0. The Morgan fingerprint density at radius 2 is 1.94 bits per heavy atom. The van der Waals surface area contributed by atoms with E-state index < -0.39 is 0 Å². The predicted octanol–water partition coefficient (Wildman–Crippen LogP) is 3.23. The quantitative estimate of drug-likeness (QED) is 0.748. The molecule has 0 amide bonds. The molecule has 0 radical (unpaired) electrons. The largest absolute Gasteiger partial charge is 0.395 e. The summed E-state index contributed by atoms with van der Waals surface area (Å²) in [6.07, 6.45) is 3.29. The number of aliphatic hydroxyl groups is 1. The molecule has 0 fully saturated rings. The summed E-state index contributed by atoms with van der Waals surface area (Å²) in [4.78, 5) is 2.33. The minimum atomic E-state index is 0.204. The molecule has 0 heterocycles. The van der Waals surface area contributed by atoms with Crippen molar-refractivity contribution in [3.8, 4) is 0 Å². The summed E-state index contributed by atoms with van der Waals surface area (Å²) in [6.45, 7) is 8.42. The highest BCUT2D eigenvalue weighted by Crippen LogP contribution is 2.09. The first-order valence-electron chi connectivity index (χ1n) is 6.65. The molecular formula is C16H25NO. The van der Waals surface area contributed by atoms with Crippen LogP contribution in [0.25, 0.3) is 0 Å². The van der Waals surface area contributed by atoms with Gasteiger partial charge in [0, 0.05) is 19.1 Å². The SMILES string of the molecule is CC(C)=CCCN(Cc1ccccc1)[C@@H](C)CO. The number of rotatable bonds is 7. The Hall–Kier alpha value is -1.12. The van der Waals surface area contributed by atoms with Crippen molar-refractivity contribution in [2.45, 2.75) is 39.8 Å². The predicted molar refractivity (Wildman–Crippen MR) is 77.4 cm³/mol. The molecule has 0 spiro atoms. The third kappa shape index (κ3) is 5.48. The number of hydrogen-bond donors (Lipinski definition) is 1. The maximum absolute atomic E-state index is 9.33. The highest BCUT2D eigenvalue weighted by atomic mass is 16.3. The van der Waals surface area contributed by atoms with Gasteiger partial charge in [0.1, 0.15) is 0 Å². The summed E-state index contributed by atoms with van der Waals surface area (Å²) in [6, 6.07) is 10.6. The van der Waals surface area contributed by atoms with Gasteiger partial charge in [-0.15, -0.1) is 0 Å². The van der Waals surface area contributed by atoms with Crippen molar-refractivity contribution in [3.05, 3.63) is 47.5 Å². The first kappa shape index (κ1) is 14.9. The lowest BCUT2D eigenvalue weighted by Gasteiger charge is -2.27. The van der Waals surface area contributed by atoms with E-state index in [4.69, 9.17) is 0 Å². The zero-order valence-electron chi connectivity index (χ0n) is 11.8. The molecule has 1 aromatic carbocycles. The third-order valence-corrected chi connectivity index (χ3v) is 3.08. The molecule has 0 aliphatic carbocycles. The van der Waals surface area contributed by atoms with Crippen molar-refractivity contribution in [1.29, 1.82) is 0 Å². The lowest BCUT2D eigenvalue weighted by atomic mass is 10.1. The molecule has 0 aliphatic rings. The van der Waals surface area contributed by atoms with Gasteiger partial charge in [-0.05, 0) is 32.8 Å². The maximum Gasteiger partial charge on any atom is 0.0584 e. The smallest absolute Gasteiger partial charge is 0.0584 e. The molecule has 0 bridgehead atoms. The topological polar surface area (TPSA) is 23.5 Å². The van der Waals surface area contributed by atoms with E-state index in [1.165, 1.54) is 11.1 Å². The lowest BCUT2D eigenvalue weighted by Crippen LogP contribution is -2.35. The Kier molecular flexibility index (Phi) is 6.69. The van der Waals surface area contributed by atoms with Gasteiger partial charge in [-0.3, -0.25) is 4.90 Å². The second kappa shape index (κ2) is 8.06. The molecule has 1 N–H and O–H groups in total. The molecule has 2 nitrogen and oxygen atoms in total. The molecule has 0 aliphatic heterocycles. The fraction of sp³-hybridized carbons (Fsp3) is 0.500. The van der Waals surface area contributed by atoms with E-state index in [0.717, 1.165) is 19.5 Å². The Labute approximate surface area is 111 Å². The Morgan fingerprint density at radius 1 is 1.28 bits per heavy atom. The molecule has 1 aromatic rings. The maximum atomic E-state index is 9.33. The van der Waals surface area contributed by atoms with E-state index in [1.54, 1.807) is 0 Å². The summed E-state index contributed by atoms with van der Waals surface area (Å²) >= 11 is 0. The standard InChI is InChI=1S/C16H25NO/c1-14(2)8-7-11-17(15(3)13-18)12-16-9-5-4-6-10-16/h4-6,8-10,15,18H,7,11-13H2,1-3H3/t15-/m0/s1. The fourth-order valence-corrected chi connectivity index (χ4v) is 1.91. The van der Waals surface area contributed by atoms with Crippen LogP contribution < -0.4 is 0 Å². The minimum absolute atomic E-state index is 0.204. The average Bonchev–Trinajstić information content (AvgIpc) is 2.37. The van der Waals surface area contributed by atoms with Gasteiger partial charge in [-0.25, -0.2) is 0 Å². The van der Waals surface area contributed by atoms with Gasteiger partial charge < -0.3 is 5.11 Å². The molecular weight excluding hydrogens is 222 g/mol. The highest BCUT2D eigenvalue weighted by Gasteiger charge is 2.12. The van der Waals surface area contributed by atoms with Gasteiger partial charge in [0.05, 0.1) is 6.61 Å². The highest BCUT2D eigenvalue weighted by molar-refractivity contribution is 5.14. The van der Waals surface area contributed by atoms with Gasteiger partial charge in [0.15, 0.2) is 0 Å². The van der Waals surface area contributed by atoms with Crippen LogP contribution in [0.2, 0.25) is 0 Å². The Balaban J connectivity index is 2.58. The number of allylic oxidation sites excluding steroid dienone is 1. The van der Waals surface area contributed by atoms with Crippen LogP contribution in [0.15, 0.2) is 42.0 Å². The summed E-state index contributed by atoms with van der Waals surface area (Å²) in [5, 5.41) is 9.33. The van der Waals surface area contributed by atoms with Gasteiger partial charge >= 0.3 is 0 Å². The summed E-state index contributed by atoms with van der Waals surface area (Å²) < 4.78 is 0. The number of hydrogen-bond acceptors (Lipinski definition) is 2. The zero-order valence-corrected chi connectivity index (χ0v) is 11.8. The number of nitrogens with zero attached hydrogens (tertiary/aromatic N) is 1. The van der Waals surface area contributed by atoms with Crippen molar-refractivity contribution in [2.24, 2.45) is 0 Å². The summed E-state index contributed by atoms with van der Waals surface area (Å²) in [5.74, 6) is 0.